The Kier molecular flexibility index (Phi) is 4.65. The number of amides is 1. The monoisotopic (exact) mass is 433 g/mol. The molecule has 1 N–H and O–H groups in total. The van der Waals surface area contributed by atoms with Crippen LogP contribution in [0.1, 0.15) is 51.5 Å². The van der Waals surface area contributed by atoms with Crippen LogP contribution in [0.5, 0.6) is 0 Å². The first-order chi connectivity index (χ1) is 12.7. The molecule has 0 radical (unpaired) electrons. The Labute approximate surface area is 169 Å². The molecule has 146 valence electrons. The highest BCUT2D eigenvalue weighted by molar-refractivity contribution is 9.10. The van der Waals surface area contributed by atoms with Crippen LogP contribution < -0.4 is 5.32 Å². The highest BCUT2D eigenvalue weighted by Gasteiger charge is 2.59. The van der Waals surface area contributed by atoms with Gasteiger partial charge in [-0.05, 0) is 81.4 Å². The number of carbonyl (C=O) groups is 2. The number of ether oxygens (including phenoxy) is 1. The number of hydrogen-bond donors (Lipinski definition) is 1. The summed E-state index contributed by atoms with van der Waals surface area (Å²) in [6, 6.07) is 8.15. The summed E-state index contributed by atoms with van der Waals surface area (Å²) in [6.07, 6.45) is 4.93. The van der Waals surface area contributed by atoms with E-state index in [0.717, 1.165) is 42.1 Å². The van der Waals surface area contributed by atoms with Crippen LogP contribution in [0, 0.1) is 23.2 Å². The van der Waals surface area contributed by atoms with Gasteiger partial charge in [0.25, 0.3) is 0 Å². The van der Waals surface area contributed by atoms with E-state index in [4.69, 9.17) is 4.74 Å². The van der Waals surface area contributed by atoms with Crippen molar-refractivity contribution in [1.29, 1.82) is 0 Å². The Balaban J connectivity index is 1.52. The van der Waals surface area contributed by atoms with Crippen LogP contribution >= 0.6 is 15.9 Å². The molecule has 0 heterocycles. The van der Waals surface area contributed by atoms with Gasteiger partial charge in [-0.1, -0.05) is 28.1 Å². The second-order valence-electron chi connectivity index (χ2n) is 9.38. The van der Waals surface area contributed by atoms with E-state index in [-0.39, 0.29) is 23.3 Å². The molecule has 1 amide bonds. The molecule has 4 aliphatic carbocycles. The van der Waals surface area contributed by atoms with E-state index in [1.54, 1.807) is 0 Å². The maximum atomic E-state index is 13.2. The Morgan fingerprint density at radius 1 is 1.19 bits per heavy atom. The number of benzene rings is 1. The molecule has 0 saturated heterocycles. The number of nitrogens with one attached hydrogen (secondary N) is 1. The number of hydrogen-bond acceptors (Lipinski definition) is 3. The van der Waals surface area contributed by atoms with Crippen molar-refractivity contribution in [3.63, 3.8) is 0 Å². The molecule has 4 bridgehead atoms. The first-order valence-electron chi connectivity index (χ1n) is 9.90. The number of halogens is 1. The average molecular weight is 434 g/mol. The molecule has 2 atom stereocenters. The lowest BCUT2D eigenvalue weighted by molar-refractivity contribution is -0.171. The SMILES string of the molecule is COC(=O)C12CC3CC(C1)C(NC(=O)C(C)(C)c1cccc(Br)c1)C(C3)C2. The first-order valence-corrected chi connectivity index (χ1v) is 10.7. The van der Waals surface area contributed by atoms with Gasteiger partial charge in [-0.25, -0.2) is 0 Å². The van der Waals surface area contributed by atoms with Crippen molar-refractivity contribution >= 4 is 27.8 Å². The minimum atomic E-state index is -0.599. The molecule has 4 fully saturated rings. The molecule has 1 aromatic rings. The summed E-state index contributed by atoms with van der Waals surface area (Å²) in [7, 11) is 1.50. The summed E-state index contributed by atoms with van der Waals surface area (Å²) in [5.74, 6) is 1.41. The molecule has 4 nitrogen and oxygen atoms in total. The summed E-state index contributed by atoms with van der Waals surface area (Å²) in [6.45, 7) is 3.96. The molecule has 4 saturated carbocycles. The van der Waals surface area contributed by atoms with Crippen LogP contribution in [0.2, 0.25) is 0 Å². The Morgan fingerprint density at radius 3 is 2.44 bits per heavy atom. The van der Waals surface area contributed by atoms with Gasteiger partial charge in [0.2, 0.25) is 5.91 Å². The zero-order valence-electron chi connectivity index (χ0n) is 16.3. The Morgan fingerprint density at radius 2 is 1.85 bits per heavy atom. The molecule has 1 aromatic carbocycles. The van der Waals surface area contributed by atoms with Gasteiger partial charge in [-0.3, -0.25) is 9.59 Å². The van der Waals surface area contributed by atoms with E-state index in [9.17, 15) is 9.59 Å². The van der Waals surface area contributed by atoms with E-state index < -0.39 is 5.41 Å². The van der Waals surface area contributed by atoms with Crippen molar-refractivity contribution in [2.24, 2.45) is 23.2 Å². The number of methoxy groups -OCH3 is 1. The molecule has 0 aromatic heterocycles. The topological polar surface area (TPSA) is 55.4 Å². The van der Waals surface area contributed by atoms with Crippen LogP contribution in [0.4, 0.5) is 0 Å². The molecule has 4 aliphatic rings. The lowest BCUT2D eigenvalue weighted by atomic mass is 9.48. The summed E-state index contributed by atoms with van der Waals surface area (Å²) in [5.41, 5.74) is 0.106. The fraction of sp³-hybridized carbons (Fsp3) is 0.636. The lowest BCUT2D eigenvalue weighted by Crippen LogP contribution is -2.62. The number of esters is 1. The van der Waals surface area contributed by atoms with Crippen molar-refractivity contribution in [2.75, 3.05) is 7.11 Å². The van der Waals surface area contributed by atoms with Crippen LogP contribution in [0.25, 0.3) is 0 Å². The Bertz CT molecular complexity index is 759. The number of rotatable bonds is 4. The molecule has 5 heteroatoms. The van der Waals surface area contributed by atoms with Gasteiger partial charge in [-0.15, -0.1) is 0 Å². The van der Waals surface area contributed by atoms with Gasteiger partial charge in [0, 0.05) is 10.5 Å². The van der Waals surface area contributed by atoms with E-state index >= 15 is 0 Å². The van der Waals surface area contributed by atoms with E-state index in [2.05, 4.69) is 21.2 Å². The molecule has 5 rings (SSSR count). The van der Waals surface area contributed by atoms with Crippen molar-refractivity contribution < 1.29 is 14.3 Å². The summed E-state index contributed by atoms with van der Waals surface area (Å²) in [4.78, 5) is 25.7. The first kappa shape index (κ1) is 19.0. The predicted molar refractivity (Wildman–Crippen MR) is 107 cm³/mol. The van der Waals surface area contributed by atoms with E-state index in [0.29, 0.717) is 17.8 Å². The summed E-state index contributed by atoms with van der Waals surface area (Å²) >= 11 is 3.50. The van der Waals surface area contributed by atoms with Crippen molar-refractivity contribution in [3.8, 4) is 0 Å². The zero-order chi connectivity index (χ0) is 19.4. The quantitative estimate of drug-likeness (QED) is 0.723. The predicted octanol–water partition coefficient (Wildman–Crippen LogP) is 4.21. The van der Waals surface area contributed by atoms with Gasteiger partial charge in [0.1, 0.15) is 0 Å². The van der Waals surface area contributed by atoms with Crippen LogP contribution in [-0.2, 0) is 19.7 Å². The van der Waals surface area contributed by atoms with Gasteiger partial charge < -0.3 is 10.1 Å². The third-order valence-electron chi connectivity index (χ3n) is 7.30. The van der Waals surface area contributed by atoms with Crippen LogP contribution in [-0.4, -0.2) is 25.0 Å². The summed E-state index contributed by atoms with van der Waals surface area (Å²) in [5, 5.41) is 3.39. The molecular formula is C22H28BrNO3. The standard InChI is InChI=1S/C22H28BrNO3/c1-21(2,16-5-4-6-17(23)9-16)19(25)24-18-14-7-13-8-15(18)12-22(10-13,11-14)20(26)27-3/h4-6,9,13-15,18H,7-8,10-12H2,1-3H3,(H,24,25). The minimum absolute atomic E-state index is 0.0406. The van der Waals surface area contributed by atoms with Crippen molar-refractivity contribution in [1.82, 2.24) is 5.32 Å². The second kappa shape index (κ2) is 6.61. The molecule has 0 spiro atoms. The smallest absolute Gasteiger partial charge is 0.311 e. The molecule has 2 unspecified atom stereocenters. The maximum Gasteiger partial charge on any atom is 0.311 e. The molecular weight excluding hydrogens is 406 g/mol. The average Bonchev–Trinajstić information content (AvgIpc) is 2.63. The molecule has 27 heavy (non-hydrogen) atoms. The lowest BCUT2D eigenvalue weighted by Gasteiger charge is -2.58. The van der Waals surface area contributed by atoms with Gasteiger partial charge in [0.15, 0.2) is 0 Å². The van der Waals surface area contributed by atoms with Crippen molar-refractivity contribution in [3.05, 3.63) is 34.3 Å². The fourth-order valence-corrected chi connectivity index (χ4v) is 6.47. The maximum absolute atomic E-state index is 13.2. The third-order valence-corrected chi connectivity index (χ3v) is 7.80. The van der Waals surface area contributed by atoms with Gasteiger partial charge >= 0.3 is 5.97 Å². The highest BCUT2D eigenvalue weighted by Crippen LogP contribution is 2.60. The third kappa shape index (κ3) is 3.12. The van der Waals surface area contributed by atoms with Crippen LogP contribution in [0.3, 0.4) is 0 Å². The fourth-order valence-electron chi connectivity index (χ4n) is 6.07. The zero-order valence-corrected chi connectivity index (χ0v) is 17.8. The minimum Gasteiger partial charge on any atom is -0.469 e. The van der Waals surface area contributed by atoms with Gasteiger partial charge in [-0.2, -0.15) is 0 Å². The Hall–Kier alpha value is -1.36. The van der Waals surface area contributed by atoms with E-state index in [1.165, 1.54) is 7.11 Å². The largest absolute Gasteiger partial charge is 0.469 e. The van der Waals surface area contributed by atoms with Crippen molar-refractivity contribution in [2.45, 2.75) is 57.4 Å². The highest BCUT2D eigenvalue weighted by atomic mass is 79.9. The molecule has 0 aliphatic heterocycles. The van der Waals surface area contributed by atoms with Gasteiger partial charge in [0.05, 0.1) is 17.9 Å². The second-order valence-corrected chi connectivity index (χ2v) is 10.3. The van der Waals surface area contributed by atoms with Crippen LogP contribution in [0.15, 0.2) is 28.7 Å². The summed E-state index contributed by atoms with van der Waals surface area (Å²) < 4.78 is 6.13. The van der Waals surface area contributed by atoms with E-state index in [1.807, 2.05) is 38.1 Å². The normalized spacial score (nSPS) is 34.4. The number of carbonyl (C=O) groups excluding carboxylic acids is 2.